The number of benzene rings is 3. The fraction of sp³-hybridized carbons (Fsp3) is 0.0741. The molecule has 8 heteroatoms. The van der Waals surface area contributed by atoms with Crippen molar-refractivity contribution in [3.8, 4) is 5.75 Å². The second-order valence-corrected chi connectivity index (χ2v) is 7.71. The molecule has 3 aromatic carbocycles. The third-order valence-electron chi connectivity index (χ3n) is 5.23. The lowest BCUT2D eigenvalue weighted by atomic mass is 10.0. The first kappa shape index (κ1) is 23.6. The van der Waals surface area contributed by atoms with Gasteiger partial charge in [-0.15, -0.1) is 6.58 Å². The summed E-state index contributed by atoms with van der Waals surface area (Å²) in [6, 6.07) is 15.0. The molecule has 3 aromatic rings. The minimum absolute atomic E-state index is 0.126. The van der Waals surface area contributed by atoms with Gasteiger partial charge in [0.05, 0.1) is 5.69 Å². The van der Waals surface area contributed by atoms with Gasteiger partial charge in [-0.1, -0.05) is 24.3 Å². The van der Waals surface area contributed by atoms with E-state index in [-0.39, 0.29) is 23.7 Å². The van der Waals surface area contributed by atoms with E-state index in [1.165, 1.54) is 30.3 Å². The van der Waals surface area contributed by atoms with Crippen LogP contribution in [0.1, 0.15) is 16.7 Å². The van der Waals surface area contributed by atoms with Crippen LogP contribution in [0.4, 0.5) is 19.3 Å². The van der Waals surface area contributed by atoms with Gasteiger partial charge in [0.1, 0.15) is 29.6 Å². The summed E-state index contributed by atoms with van der Waals surface area (Å²) in [5, 5.41) is 2.13. The number of ether oxygens (including phenoxy) is 1. The number of allylic oxidation sites excluding steroid dienone is 1. The summed E-state index contributed by atoms with van der Waals surface area (Å²) in [5.74, 6) is -2.01. The summed E-state index contributed by atoms with van der Waals surface area (Å²) in [7, 11) is 0. The van der Waals surface area contributed by atoms with E-state index in [2.05, 4.69) is 11.9 Å². The van der Waals surface area contributed by atoms with E-state index < -0.39 is 23.7 Å². The van der Waals surface area contributed by atoms with Crippen LogP contribution in [0.3, 0.4) is 0 Å². The molecule has 0 atom stereocenters. The summed E-state index contributed by atoms with van der Waals surface area (Å²) in [4.78, 5) is 38.5. The number of nitrogens with one attached hydrogen (secondary N) is 1. The average Bonchev–Trinajstić information content (AvgIpc) is 2.82. The quantitative estimate of drug-likeness (QED) is 0.299. The Labute approximate surface area is 200 Å². The third kappa shape index (κ3) is 5.33. The molecule has 0 aromatic heterocycles. The fourth-order valence-corrected chi connectivity index (χ4v) is 3.58. The minimum atomic E-state index is -0.919. The number of carbonyl (C=O) groups is 3. The molecular weight excluding hydrogens is 454 g/mol. The monoisotopic (exact) mass is 474 g/mol. The number of rotatable bonds is 7. The molecule has 1 fully saturated rings. The molecule has 35 heavy (non-hydrogen) atoms. The molecule has 0 bridgehead atoms. The van der Waals surface area contributed by atoms with Crippen LogP contribution in [0.25, 0.3) is 6.08 Å². The second-order valence-electron chi connectivity index (χ2n) is 7.71. The topological polar surface area (TPSA) is 75.7 Å². The molecular formula is C27H20F2N2O4. The van der Waals surface area contributed by atoms with Crippen LogP contribution in [-0.2, 0) is 22.6 Å². The van der Waals surface area contributed by atoms with Crippen LogP contribution in [0.15, 0.2) is 85.0 Å². The average molecular weight is 474 g/mol. The van der Waals surface area contributed by atoms with Crippen molar-refractivity contribution in [3.05, 3.63) is 113 Å². The van der Waals surface area contributed by atoms with E-state index in [4.69, 9.17) is 4.74 Å². The van der Waals surface area contributed by atoms with Crippen LogP contribution in [-0.4, -0.2) is 17.8 Å². The minimum Gasteiger partial charge on any atom is -0.489 e. The number of imide groups is 2. The Bertz CT molecular complexity index is 1350. The number of nitrogens with zero attached hydrogens (tertiary/aromatic N) is 1. The van der Waals surface area contributed by atoms with Gasteiger partial charge in [0.25, 0.3) is 11.8 Å². The highest BCUT2D eigenvalue weighted by molar-refractivity contribution is 6.39. The zero-order valence-corrected chi connectivity index (χ0v) is 18.5. The van der Waals surface area contributed by atoms with Crippen LogP contribution >= 0.6 is 0 Å². The first-order valence-electron chi connectivity index (χ1n) is 10.6. The largest absolute Gasteiger partial charge is 0.489 e. The lowest BCUT2D eigenvalue weighted by Gasteiger charge is -2.26. The summed E-state index contributed by atoms with van der Waals surface area (Å²) in [6.45, 7) is 3.90. The van der Waals surface area contributed by atoms with Crippen LogP contribution in [0.5, 0.6) is 5.75 Å². The number of hydrogen-bond donors (Lipinski definition) is 1. The maximum absolute atomic E-state index is 13.4. The van der Waals surface area contributed by atoms with Gasteiger partial charge in [-0.3, -0.25) is 14.9 Å². The standard InChI is InChI=1S/C27H20F2N2O4/c1-2-4-19-13-17(7-12-24(19)35-16-18-5-3-6-21(29)14-18)15-23-25(32)30-27(34)31(26(23)33)22-10-8-20(28)9-11-22/h2-3,5-15H,1,4,16H2,(H,30,32,34)/b23-15+. The number of barbiturate groups is 1. The van der Waals surface area contributed by atoms with Crippen molar-refractivity contribution in [1.82, 2.24) is 5.32 Å². The Kier molecular flexibility index (Phi) is 6.82. The van der Waals surface area contributed by atoms with Crippen molar-refractivity contribution in [2.24, 2.45) is 0 Å². The fourth-order valence-electron chi connectivity index (χ4n) is 3.58. The molecule has 0 saturated carbocycles. The summed E-state index contributed by atoms with van der Waals surface area (Å²) in [6.07, 6.45) is 3.48. The predicted molar refractivity (Wildman–Crippen MR) is 126 cm³/mol. The lowest BCUT2D eigenvalue weighted by molar-refractivity contribution is -0.122. The lowest BCUT2D eigenvalue weighted by Crippen LogP contribution is -2.54. The first-order valence-corrected chi connectivity index (χ1v) is 10.6. The Morgan fingerprint density at radius 2 is 1.71 bits per heavy atom. The third-order valence-corrected chi connectivity index (χ3v) is 5.23. The highest BCUT2D eigenvalue weighted by atomic mass is 19.1. The van der Waals surface area contributed by atoms with Gasteiger partial charge in [-0.2, -0.15) is 0 Å². The molecule has 4 amide bonds. The van der Waals surface area contributed by atoms with E-state index in [1.54, 1.807) is 36.4 Å². The number of halogens is 2. The van der Waals surface area contributed by atoms with Crippen molar-refractivity contribution < 1.29 is 27.9 Å². The Morgan fingerprint density at radius 3 is 2.43 bits per heavy atom. The Hall–Kier alpha value is -4.59. The molecule has 1 saturated heterocycles. The van der Waals surface area contributed by atoms with E-state index in [1.807, 2.05) is 0 Å². The Balaban J connectivity index is 1.61. The van der Waals surface area contributed by atoms with Crippen LogP contribution in [0, 0.1) is 11.6 Å². The van der Waals surface area contributed by atoms with Gasteiger partial charge in [0, 0.05) is 0 Å². The molecule has 6 nitrogen and oxygen atoms in total. The maximum Gasteiger partial charge on any atom is 0.335 e. The molecule has 1 aliphatic heterocycles. The highest BCUT2D eigenvalue weighted by Crippen LogP contribution is 2.26. The Morgan fingerprint density at radius 1 is 0.943 bits per heavy atom. The number of urea groups is 1. The number of anilines is 1. The zero-order chi connectivity index (χ0) is 24.9. The summed E-state index contributed by atoms with van der Waals surface area (Å²) in [5.41, 5.74) is 1.79. The van der Waals surface area contributed by atoms with Gasteiger partial charge in [-0.05, 0) is 77.7 Å². The van der Waals surface area contributed by atoms with Crippen molar-refractivity contribution in [2.75, 3.05) is 4.90 Å². The molecule has 176 valence electrons. The van der Waals surface area contributed by atoms with Gasteiger partial charge in [0.15, 0.2) is 0 Å². The molecule has 4 rings (SSSR count). The van der Waals surface area contributed by atoms with Gasteiger partial charge >= 0.3 is 6.03 Å². The molecule has 0 aliphatic carbocycles. The van der Waals surface area contributed by atoms with Crippen LogP contribution < -0.4 is 15.0 Å². The number of hydrogen-bond acceptors (Lipinski definition) is 4. The van der Waals surface area contributed by atoms with Gasteiger partial charge in [0.2, 0.25) is 0 Å². The summed E-state index contributed by atoms with van der Waals surface area (Å²) >= 11 is 0. The molecule has 0 spiro atoms. The van der Waals surface area contributed by atoms with E-state index >= 15 is 0 Å². The van der Waals surface area contributed by atoms with Crippen LogP contribution in [0.2, 0.25) is 0 Å². The van der Waals surface area contributed by atoms with E-state index in [9.17, 15) is 23.2 Å². The second kappa shape index (κ2) is 10.1. The summed E-state index contributed by atoms with van der Waals surface area (Å²) < 4.78 is 32.6. The van der Waals surface area contributed by atoms with Crippen molar-refractivity contribution in [2.45, 2.75) is 13.0 Å². The first-order chi connectivity index (χ1) is 16.9. The normalized spacial score (nSPS) is 14.7. The molecule has 0 radical (unpaired) electrons. The molecule has 0 unspecified atom stereocenters. The van der Waals surface area contributed by atoms with Gasteiger partial charge in [-0.25, -0.2) is 18.5 Å². The molecule has 1 N–H and O–H groups in total. The van der Waals surface area contributed by atoms with Crippen molar-refractivity contribution >= 4 is 29.6 Å². The molecule has 1 aliphatic rings. The highest BCUT2D eigenvalue weighted by Gasteiger charge is 2.36. The zero-order valence-electron chi connectivity index (χ0n) is 18.5. The van der Waals surface area contributed by atoms with Crippen molar-refractivity contribution in [3.63, 3.8) is 0 Å². The van der Waals surface area contributed by atoms with Gasteiger partial charge < -0.3 is 4.74 Å². The van der Waals surface area contributed by atoms with E-state index in [0.29, 0.717) is 23.3 Å². The maximum atomic E-state index is 13.4. The smallest absolute Gasteiger partial charge is 0.335 e. The molecule has 1 heterocycles. The number of amides is 4. The van der Waals surface area contributed by atoms with E-state index in [0.717, 1.165) is 22.6 Å². The van der Waals surface area contributed by atoms with Crippen molar-refractivity contribution in [1.29, 1.82) is 0 Å². The number of carbonyl (C=O) groups excluding carboxylic acids is 3. The SMILES string of the molecule is C=CCc1cc(/C=C2\C(=O)NC(=O)N(c3ccc(F)cc3)C2=O)ccc1OCc1cccc(F)c1. The predicted octanol–water partition coefficient (Wildman–Crippen LogP) is 4.94.